The molecule has 4 amide bonds. The zero-order chi connectivity index (χ0) is 12.6. The van der Waals surface area contributed by atoms with Crippen LogP contribution in [0.4, 0.5) is 4.79 Å². The van der Waals surface area contributed by atoms with Gasteiger partial charge in [0.2, 0.25) is 5.91 Å². The van der Waals surface area contributed by atoms with Gasteiger partial charge in [-0.1, -0.05) is 0 Å². The summed E-state index contributed by atoms with van der Waals surface area (Å²) in [7, 11) is 0. The fraction of sp³-hybridized carbons (Fsp3) is 0.700. The number of piperidine rings is 1. The molecule has 0 radical (unpaired) electrons. The molecule has 0 saturated carbocycles. The second-order valence-electron chi connectivity index (χ2n) is 4.64. The van der Waals surface area contributed by atoms with Crippen molar-refractivity contribution < 1.29 is 14.4 Å². The van der Waals surface area contributed by atoms with E-state index in [4.69, 9.17) is 5.73 Å². The Morgan fingerprint density at radius 3 is 2.76 bits per heavy atom. The first-order valence-electron chi connectivity index (χ1n) is 5.62. The molecular formula is C10H16N4O3. The first-order chi connectivity index (χ1) is 7.94. The average Bonchev–Trinajstić information content (AvgIpc) is 2.52. The van der Waals surface area contributed by atoms with Crippen molar-refractivity contribution in [3.8, 4) is 0 Å². The van der Waals surface area contributed by atoms with Crippen LogP contribution in [-0.2, 0) is 9.59 Å². The summed E-state index contributed by atoms with van der Waals surface area (Å²) < 4.78 is 0. The van der Waals surface area contributed by atoms with E-state index in [1.807, 2.05) is 0 Å². The lowest BCUT2D eigenvalue weighted by Crippen LogP contribution is -2.61. The molecule has 7 heteroatoms. The lowest BCUT2D eigenvalue weighted by Gasteiger charge is -2.38. The first-order valence-corrected chi connectivity index (χ1v) is 5.62. The van der Waals surface area contributed by atoms with E-state index in [9.17, 15) is 14.4 Å². The highest BCUT2D eigenvalue weighted by Crippen LogP contribution is 2.24. The van der Waals surface area contributed by atoms with Gasteiger partial charge in [0.1, 0.15) is 5.54 Å². The van der Waals surface area contributed by atoms with Crippen molar-refractivity contribution in [1.29, 1.82) is 0 Å². The molecular weight excluding hydrogens is 224 g/mol. The summed E-state index contributed by atoms with van der Waals surface area (Å²) in [6.07, 6.45) is 1.22. The quantitative estimate of drug-likeness (QED) is 0.487. The molecule has 1 spiro atoms. The van der Waals surface area contributed by atoms with Crippen molar-refractivity contribution in [2.45, 2.75) is 31.3 Å². The van der Waals surface area contributed by atoms with Crippen molar-refractivity contribution in [3.63, 3.8) is 0 Å². The summed E-state index contributed by atoms with van der Waals surface area (Å²) in [5.41, 5.74) is 4.58. The van der Waals surface area contributed by atoms with E-state index in [2.05, 4.69) is 10.6 Å². The van der Waals surface area contributed by atoms with Crippen LogP contribution in [0.25, 0.3) is 0 Å². The highest BCUT2D eigenvalue weighted by atomic mass is 16.2. The Kier molecular flexibility index (Phi) is 2.78. The SMILES string of the molecule is C[C@@H](N)C(=O)N1CCCC2(C1)NC(=O)NC2=O. The van der Waals surface area contributed by atoms with E-state index in [1.54, 1.807) is 11.8 Å². The van der Waals surface area contributed by atoms with Gasteiger partial charge in [0.25, 0.3) is 5.91 Å². The highest BCUT2D eigenvalue weighted by molar-refractivity contribution is 6.07. The molecule has 2 rings (SSSR count). The van der Waals surface area contributed by atoms with Crippen LogP contribution in [0.3, 0.4) is 0 Å². The molecule has 2 aliphatic rings. The zero-order valence-corrected chi connectivity index (χ0v) is 9.66. The molecule has 1 unspecified atom stereocenters. The fourth-order valence-corrected chi connectivity index (χ4v) is 2.35. The minimum Gasteiger partial charge on any atom is -0.338 e. The van der Waals surface area contributed by atoms with E-state index in [0.29, 0.717) is 19.4 Å². The Balaban J connectivity index is 2.14. The Hall–Kier alpha value is -1.63. The largest absolute Gasteiger partial charge is 0.338 e. The molecule has 0 aromatic rings. The summed E-state index contributed by atoms with van der Waals surface area (Å²) in [4.78, 5) is 36.2. The number of amides is 4. The summed E-state index contributed by atoms with van der Waals surface area (Å²) in [6.45, 7) is 2.38. The Bertz CT molecular complexity index is 382. The van der Waals surface area contributed by atoms with Gasteiger partial charge >= 0.3 is 6.03 Å². The number of urea groups is 1. The fourth-order valence-electron chi connectivity index (χ4n) is 2.35. The van der Waals surface area contributed by atoms with Crippen molar-refractivity contribution in [2.24, 2.45) is 5.73 Å². The minimum atomic E-state index is -0.958. The maximum Gasteiger partial charge on any atom is 0.322 e. The monoisotopic (exact) mass is 240 g/mol. The number of rotatable bonds is 1. The zero-order valence-electron chi connectivity index (χ0n) is 9.66. The Morgan fingerprint density at radius 2 is 2.24 bits per heavy atom. The van der Waals surface area contributed by atoms with Gasteiger partial charge in [0.15, 0.2) is 0 Å². The third-order valence-corrected chi connectivity index (χ3v) is 3.21. The van der Waals surface area contributed by atoms with Crippen LogP contribution in [0.2, 0.25) is 0 Å². The second kappa shape index (κ2) is 3.99. The lowest BCUT2D eigenvalue weighted by atomic mass is 9.89. The standard InChI is InChI=1S/C10H16N4O3/c1-6(11)7(15)14-4-2-3-10(5-14)8(16)12-9(17)13-10/h6H,2-5,11H2,1H3,(H2,12,13,16,17)/t6-,10?/m1/s1. The van der Waals surface area contributed by atoms with E-state index >= 15 is 0 Å². The van der Waals surface area contributed by atoms with Gasteiger partial charge in [-0.3, -0.25) is 14.9 Å². The summed E-state index contributed by atoms with van der Waals surface area (Å²) in [6, 6.07) is -1.09. The molecule has 4 N–H and O–H groups in total. The van der Waals surface area contributed by atoms with Gasteiger partial charge in [-0.05, 0) is 19.8 Å². The molecule has 0 aromatic carbocycles. The third kappa shape index (κ3) is 1.97. The topological polar surface area (TPSA) is 105 Å². The van der Waals surface area contributed by atoms with Gasteiger partial charge in [0, 0.05) is 6.54 Å². The van der Waals surface area contributed by atoms with E-state index in [-0.39, 0.29) is 18.4 Å². The molecule has 17 heavy (non-hydrogen) atoms. The first kappa shape index (κ1) is 11.8. The molecule has 0 bridgehead atoms. The molecule has 2 fully saturated rings. The van der Waals surface area contributed by atoms with Crippen LogP contribution >= 0.6 is 0 Å². The smallest absolute Gasteiger partial charge is 0.322 e. The number of hydrogen-bond donors (Lipinski definition) is 3. The van der Waals surface area contributed by atoms with Crippen molar-refractivity contribution >= 4 is 17.8 Å². The number of nitrogens with one attached hydrogen (secondary N) is 2. The molecule has 94 valence electrons. The number of nitrogens with zero attached hydrogens (tertiary/aromatic N) is 1. The maximum absolute atomic E-state index is 11.8. The van der Waals surface area contributed by atoms with Gasteiger partial charge < -0.3 is 16.0 Å². The lowest BCUT2D eigenvalue weighted by molar-refractivity contribution is -0.137. The van der Waals surface area contributed by atoms with Crippen LogP contribution in [0.1, 0.15) is 19.8 Å². The molecule has 2 heterocycles. The van der Waals surface area contributed by atoms with Gasteiger partial charge in [0.05, 0.1) is 12.6 Å². The molecule has 2 aliphatic heterocycles. The van der Waals surface area contributed by atoms with Gasteiger partial charge in [-0.25, -0.2) is 4.79 Å². The van der Waals surface area contributed by atoms with Gasteiger partial charge in [-0.2, -0.15) is 0 Å². The summed E-state index contributed by atoms with van der Waals surface area (Å²) in [5.74, 6) is -0.553. The van der Waals surface area contributed by atoms with Crippen molar-refractivity contribution in [1.82, 2.24) is 15.5 Å². The van der Waals surface area contributed by atoms with E-state index in [1.165, 1.54) is 0 Å². The molecule has 2 atom stereocenters. The van der Waals surface area contributed by atoms with Crippen molar-refractivity contribution in [3.05, 3.63) is 0 Å². The number of carbonyl (C=O) groups excluding carboxylic acids is 3. The molecule has 2 saturated heterocycles. The Morgan fingerprint density at radius 1 is 1.53 bits per heavy atom. The Labute approximate surface area is 98.7 Å². The summed E-state index contributed by atoms with van der Waals surface area (Å²) >= 11 is 0. The number of imide groups is 1. The number of hydrogen-bond acceptors (Lipinski definition) is 4. The number of carbonyl (C=O) groups is 3. The highest BCUT2D eigenvalue weighted by Gasteiger charge is 2.49. The second-order valence-corrected chi connectivity index (χ2v) is 4.64. The predicted octanol–water partition coefficient (Wildman–Crippen LogP) is -1.47. The molecule has 0 aliphatic carbocycles. The van der Waals surface area contributed by atoms with Crippen LogP contribution < -0.4 is 16.4 Å². The van der Waals surface area contributed by atoms with Crippen LogP contribution in [-0.4, -0.2) is 47.4 Å². The normalized spacial score (nSPS) is 30.1. The molecule has 0 aromatic heterocycles. The summed E-state index contributed by atoms with van der Waals surface area (Å²) in [5, 5.41) is 4.82. The molecule has 7 nitrogen and oxygen atoms in total. The third-order valence-electron chi connectivity index (χ3n) is 3.21. The van der Waals surface area contributed by atoms with Crippen LogP contribution in [0.5, 0.6) is 0 Å². The maximum atomic E-state index is 11.8. The minimum absolute atomic E-state index is 0.196. The van der Waals surface area contributed by atoms with Crippen LogP contribution in [0, 0.1) is 0 Å². The number of likely N-dealkylation sites (tertiary alicyclic amines) is 1. The van der Waals surface area contributed by atoms with E-state index < -0.39 is 17.6 Å². The van der Waals surface area contributed by atoms with Crippen molar-refractivity contribution in [2.75, 3.05) is 13.1 Å². The van der Waals surface area contributed by atoms with E-state index in [0.717, 1.165) is 0 Å². The van der Waals surface area contributed by atoms with Crippen LogP contribution in [0.15, 0.2) is 0 Å². The predicted molar refractivity (Wildman–Crippen MR) is 58.9 cm³/mol. The average molecular weight is 240 g/mol. The number of nitrogens with two attached hydrogens (primary N) is 1. The van der Waals surface area contributed by atoms with Gasteiger partial charge in [-0.15, -0.1) is 0 Å².